The molecule has 0 amide bonds. The van der Waals surface area contributed by atoms with Crippen molar-refractivity contribution in [3.05, 3.63) is 28.2 Å². The summed E-state index contributed by atoms with van der Waals surface area (Å²) in [6.07, 6.45) is 0.384. The summed E-state index contributed by atoms with van der Waals surface area (Å²) < 4.78 is 10.7. The number of rotatable bonds is 4. The van der Waals surface area contributed by atoms with E-state index in [0.717, 1.165) is 15.8 Å². The third-order valence-electron chi connectivity index (χ3n) is 2.45. The highest BCUT2D eigenvalue weighted by Gasteiger charge is 2.12. The third kappa shape index (κ3) is 3.23. The molecule has 1 rings (SSSR count). The van der Waals surface area contributed by atoms with Gasteiger partial charge in [-0.1, -0.05) is 13.0 Å². The van der Waals surface area contributed by atoms with Crippen LogP contribution >= 0.6 is 15.9 Å². The van der Waals surface area contributed by atoms with Crippen molar-refractivity contribution in [3.8, 4) is 5.75 Å². The van der Waals surface area contributed by atoms with Crippen LogP contribution in [-0.2, 0) is 9.53 Å². The van der Waals surface area contributed by atoms with E-state index >= 15 is 0 Å². The van der Waals surface area contributed by atoms with Crippen molar-refractivity contribution < 1.29 is 14.3 Å². The zero-order chi connectivity index (χ0) is 12.1. The summed E-state index contributed by atoms with van der Waals surface area (Å²) in [6.45, 7) is 1.99. The van der Waals surface area contributed by atoms with Crippen molar-refractivity contribution >= 4 is 21.9 Å². The number of hydrogen-bond donors (Lipinski definition) is 0. The molecular weight excluding hydrogens is 272 g/mol. The van der Waals surface area contributed by atoms with E-state index in [4.69, 9.17) is 4.74 Å². The molecule has 1 aromatic rings. The van der Waals surface area contributed by atoms with Gasteiger partial charge in [-0.25, -0.2) is 0 Å². The fourth-order valence-corrected chi connectivity index (χ4v) is 2.00. The lowest BCUT2D eigenvalue weighted by molar-refractivity contribution is -0.140. The van der Waals surface area contributed by atoms with Crippen LogP contribution in [0.3, 0.4) is 0 Å². The van der Waals surface area contributed by atoms with Crippen LogP contribution in [0.15, 0.2) is 22.7 Å². The van der Waals surface area contributed by atoms with Crippen LogP contribution in [0.5, 0.6) is 5.75 Å². The van der Waals surface area contributed by atoms with Gasteiger partial charge in [0.25, 0.3) is 0 Å². The van der Waals surface area contributed by atoms with E-state index < -0.39 is 0 Å². The molecule has 0 saturated heterocycles. The van der Waals surface area contributed by atoms with Crippen LogP contribution < -0.4 is 4.74 Å². The summed E-state index contributed by atoms with van der Waals surface area (Å²) in [6, 6.07) is 5.80. The summed E-state index contributed by atoms with van der Waals surface area (Å²) in [5.74, 6) is 0.725. The Balaban J connectivity index is 2.80. The summed E-state index contributed by atoms with van der Waals surface area (Å²) in [5.41, 5.74) is 1.08. The zero-order valence-electron chi connectivity index (χ0n) is 9.62. The summed E-state index contributed by atoms with van der Waals surface area (Å²) >= 11 is 3.42. The van der Waals surface area contributed by atoms with Gasteiger partial charge in [-0.3, -0.25) is 4.79 Å². The van der Waals surface area contributed by atoms with Gasteiger partial charge in [0.15, 0.2) is 0 Å². The molecule has 0 heterocycles. The molecule has 1 aromatic carbocycles. The van der Waals surface area contributed by atoms with Gasteiger partial charge in [-0.2, -0.15) is 0 Å². The van der Waals surface area contributed by atoms with Crippen LogP contribution in [-0.4, -0.2) is 20.2 Å². The van der Waals surface area contributed by atoms with Crippen molar-refractivity contribution in [1.82, 2.24) is 0 Å². The first-order valence-corrected chi connectivity index (χ1v) is 5.78. The molecule has 0 saturated carbocycles. The second-order valence-corrected chi connectivity index (χ2v) is 4.43. The predicted molar refractivity (Wildman–Crippen MR) is 65.7 cm³/mol. The van der Waals surface area contributed by atoms with Crippen molar-refractivity contribution in [2.75, 3.05) is 14.2 Å². The van der Waals surface area contributed by atoms with Gasteiger partial charge in [-0.15, -0.1) is 0 Å². The van der Waals surface area contributed by atoms with Gasteiger partial charge < -0.3 is 9.47 Å². The summed E-state index contributed by atoms with van der Waals surface area (Å²) in [7, 11) is 3.02. The predicted octanol–water partition coefficient (Wildman–Crippen LogP) is 3.12. The van der Waals surface area contributed by atoms with Gasteiger partial charge in [-0.05, 0) is 39.5 Å². The molecule has 3 nitrogen and oxygen atoms in total. The number of hydrogen-bond acceptors (Lipinski definition) is 3. The van der Waals surface area contributed by atoms with E-state index in [9.17, 15) is 4.79 Å². The average Bonchev–Trinajstić information content (AvgIpc) is 2.28. The fraction of sp³-hybridized carbons (Fsp3) is 0.417. The lowest BCUT2D eigenvalue weighted by Crippen LogP contribution is -2.06. The molecule has 0 bridgehead atoms. The molecule has 1 unspecified atom stereocenters. The zero-order valence-corrected chi connectivity index (χ0v) is 11.2. The monoisotopic (exact) mass is 286 g/mol. The van der Waals surface area contributed by atoms with Crippen molar-refractivity contribution in [2.24, 2.45) is 0 Å². The fourth-order valence-electron chi connectivity index (χ4n) is 1.44. The van der Waals surface area contributed by atoms with Crippen molar-refractivity contribution in [2.45, 2.75) is 19.3 Å². The standard InChI is InChI=1S/C12H15BrO3/c1-8(6-12(14)16-3)9-4-5-11(15-2)10(13)7-9/h4-5,7-8H,6H2,1-3H3. The Morgan fingerprint density at radius 2 is 2.12 bits per heavy atom. The van der Waals surface area contributed by atoms with Crippen molar-refractivity contribution in [3.63, 3.8) is 0 Å². The Morgan fingerprint density at radius 1 is 1.44 bits per heavy atom. The van der Waals surface area contributed by atoms with Crippen LogP contribution in [0.2, 0.25) is 0 Å². The van der Waals surface area contributed by atoms with E-state index in [0.29, 0.717) is 6.42 Å². The first kappa shape index (κ1) is 13.0. The summed E-state index contributed by atoms with van der Waals surface area (Å²) in [5, 5.41) is 0. The van der Waals surface area contributed by atoms with Crippen LogP contribution in [0.4, 0.5) is 0 Å². The Kier molecular flexibility index (Phi) is 4.80. The topological polar surface area (TPSA) is 35.5 Å². The molecule has 0 N–H and O–H groups in total. The third-order valence-corrected chi connectivity index (χ3v) is 3.07. The maximum Gasteiger partial charge on any atom is 0.306 e. The van der Waals surface area contributed by atoms with E-state index in [2.05, 4.69) is 20.7 Å². The van der Waals surface area contributed by atoms with Gasteiger partial charge in [0.05, 0.1) is 25.1 Å². The van der Waals surface area contributed by atoms with Gasteiger partial charge in [0, 0.05) is 0 Å². The molecule has 0 spiro atoms. The second kappa shape index (κ2) is 5.89. The highest BCUT2D eigenvalue weighted by atomic mass is 79.9. The van der Waals surface area contributed by atoms with E-state index in [1.54, 1.807) is 7.11 Å². The minimum absolute atomic E-state index is 0.134. The Bertz CT molecular complexity index is 377. The van der Waals surface area contributed by atoms with E-state index in [1.165, 1.54) is 7.11 Å². The molecule has 16 heavy (non-hydrogen) atoms. The van der Waals surface area contributed by atoms with E-state index in [-0.39, 0.29) is 11.9 Å². The molecule has 0 aliphatic rings. The Morgan fingerprint density at radius 3 is 2.62 bits per heavy atom. The SMILES string of the molecule is COC(=O)CC(C)c1ccc(OC)c(Br)c1. The molecular formula is C12H15BrO3. The Hall–Kier alpha value is -1.03. The highest BCUT2D eigenvalue weighted by Crippen LogP contribution is 2.29. The number of esters is 1. The largest absolute Gasteiger partial charge is 0.496 e. The first-order chi connectivity index (χ1) is 7.58. The first-order valence-electron chi connectivity index (χ1n) is 4.98. The second-order valence-electron chi connectivity index (χ2n) is 3.58. The number of benzene rings is 1. The maximum atomic E-state index is 11.1. The number of ether oxygens (including phenoxy) is 2. The molecule has 1 atom stereocenters. The Labute approximate surface area is 104 Å². The molecule has 0 aliphatic carbocycles. The molecule has 88 valence electrons. The smallest absolute Gasteiger partial charge is 0.306 e. The molecule has 0 fully saturated rings. The van der Waals surface area contributed by atoms with Crippen LogP contribution in [0, 0.1) is 0 Å². The molecule has 0 aromatic heterocycles. The molecule has 0 aliphatic heterocycles. The number of carbonyl (C=O) groups excluding carboxylic acids is 1. The minimum Gasteiger partial charge on any atom is -0.496 e. The van der Waals surface area contributed by atoms with Gasteiger partial charge >= 0.3 is 5.97 Å². The lowest BCUT2D eigenvalue weighted by Gasteiger charge is -2.12. The quantitative estimate of drug-likeness (QED) is 0.798. The number of halogens is 1. The van der Waals surface area contributed by atoms with Crippen LogP contribution in [0.25, 0.3) is 0 Å². The molecule has 0 radical (unpaired) electrons. The van der Waals surface area contributed by atoms with Crippen LogP contribution in [0.1, 0.15) is 24.8 Å². The summed E-state index contributed by atoms with van der Waals surface area (Å²) in [4.78, 5) is 11.1. The highest BCUT2D eigenvalue weighted by molar-refractivity contribution is 9.10. The maximum absolute atomic E-state index is 11.1. The van der Waals surface area contributed by atoms with E-state index in [1.807, 2.05) is 25.1 Å². The lowest BCUT2D eigenvalue weighted by atomic mass is 9.98. The number of methoxy groups -OCH3 is 2. The van der Waals surface area contributed by atoms with Gasteiger partial charge in [0.2, 0.25) is 0 Å². The normalized spacial score (nSPS) is 12.0. The molecule has 4 heteroatoms. The van der Waals surface area contributed by atoms with Crippen molar-refractivity contribution in [1.29, 1.82) is 0 Å². The average molecular weight is 287 g/mol. The minimum atomic E-state index is -0.195. The van der Waals surface area contributed by atoms with Gasteiger partial charge in [0.1, 0.15) is 5.75 Å². The number of carbonyl (C=O) groups is 1.